The quantitative estimate of drug-likeness (QED) is 0.632. The first-order valence-electron chi connectivity index (χ1n) is 11.1. The lowest BCUT2D eigenvalue weighted by Gasteiger charge is -2.38. The summed E-state index contributed by atoms with van der Waals surface area (Å²) in [6, 6.07) is 9.85. The molecule has 174 valence electrons. The SMILES string of the molecule is CCCn1c(C(C)N2CCN(C(=O)Nc3ccc(F)cc3F)CC2)nc2ccccc2c1=O. The van der Waals surface area contributed by atoms with Crippen LogP contribution in [0.25, 0.3) is 10.9 Å². The van der Waals surface area contributed by atoms with Crippen LogP contribution in [0.2, 0.25) is 0 Å². The Bertz CT molecular complexity index is 1220. The van der Waals surface area contributed by atoms with Crippen molar-refractivity contribution in [3.05, 3.63) is 70.3 Å². The molecule has 2 amide bonds. The number of halogens is 2. The van der Waals surface area contributed by atoms with Crippen molar-refractivity contribution in [2.24, 2.45) is 0 Å². The van der Waals surface area contributed by atoms with E-state index in [9.17, 15) is 18.4 Å². The van der Waals surface area contributed by atoms with Gasteiger partial charge in [0.2, 0.25) is 0 Å². The number of fused-ring (bicyclic) bond motifs is 1. The van der Waals surface area contributed by atoms with E-state index in [1.54, 1.807) is 15.5 Å². The van der Waals surface area contributed by atoms with Gasteiger partial charge in [-0.15, -0.1) is 0 Å². The van der Waals surface area contributed by atoms with E-state index in [1.807, 2.05) is 32.0 Å². The number of aromatic nitrogens is 2. The van der Waals surface area contributed by atoms with Gasteiger partial charge in [-0.05, 0) is 37.6 Å². The largest absolute Gasteiger partial charge is 0.322 e. The van der Waals surface area contributed by atoms with E-state index in [4.69, 9.17) is 4.98 Å². The van der Waals surface area contributed by atoms with Crippen molar-refractivity contribution in [2.45, 2.75) is 32.9 Å². The number of anilines is 1. The molecule has 1 aliphatic heterocycles. The fourth-order valence-electron chi connectivity index (χ4n) is 4.20. The van der Waals surface area contributed by atoms with Gasteiger partial charge >= 0.3 is 6.03 Å². The van der Waals surface area contributed by atoms with Crippen LogP contribution in [0.3, 0.4) is 0 Å². The highest BCUT2D eigenvalue weighted by Gasteiger charge is 2.28. The third kappa shape index (κ3) is 4.73. The summed E-state index contributed by atoms with van der Waals surface area (Å²) in [5, 5.41) is 3.11. The van der Waals surface area contributed by atoms with E-state index in [-0.39, 0.29) is 17.3 Å². The highest BCUT2D eigenvalue weighted by Crippen LogP contribution is 2.22. The van der Waals surface area contributed by atoms with Crippen molar-refractivity contribution in [3.63, 3.8) is 0 Å². The molecular formula is C24H27F2N5O2. The van der Waals surface area contributed by atoms with Gasteiger partial charge in [0.05, 0.1) is 22.6 Å². The average molecular weight is 456 g/mol. The average Bonchev–Trinajstić information content (AvgIpc) is 2.82. The second kappa shape index (κ2) is 9.66. The first-order valence-corrected chi connectivity index (χ1v) is 11.1. The summed E-state index contributed by atoms with van der Waals surface area (Å²) in [6.07, 6.45) is 0.813. The number of amides is 2. The third-order valence-corrected chi connectivity index (χ3v) is 6.03. The predicted octanol–water partition coefficient (Wildman–Crippen LogP) is 4.00. The first-order chi connectivity index (χ1) is 15.9. The summed E-state index contributed by atoms with van der Waals surface area (Å²) < 4.78 is 28.7. The maximum atomic E-state index is 13.9. The molecule has 1 unspecified atom stereocenters. The molecule has 2 aromatic carbocycles. The summed E-state index contributed by atoms with van der Waals surface area (Å²) in [5.41, 5.74) is 0.584. The van der Waals surface area contributed by atoms with E-state index in [0.717, 1.165) is 18.6 Å². The van der Waals surface area contributed by atoms with Crippen molar-refractivity contribution < 1.29 is 13.6 Å². The van der Waals surface area contributed by atoms with Gasteiger partial charge in [-0.1, -0.05) is 19.1 Å². The number of para-hydroxylation sites is 1. The first kappa shape index (κ1) is 22.8. The zero-order valence-corrected chi connectivity index (χ0v) is 18.7. The van der Waals surface area contributed by atoms with Crippen LogP contribution in [0.4, 0.5) is 19.3 Å². The zero-order chi connectivity index (χ0) is 23.5. The molecule has 0 aliphatic carbocycles. The summed E-state index contributed by atoms with van der Waals surface area (Å²) in [7, 11) is 0. The van der Waals surface area contributed by atoms with Crippen LogP contribution < -0.4 is 10.9 Å². The minimum atomic E-state index is -0.813. The molecule has 1 saturated heterocycles. The normalized spacial score (nSPS) is 15.6. The van der Waals surface area contributed by atoms with Gasteiger partial charge in [0.25, 0.3) is 5.56 Å². The van der Waals surface area contributed by atoms with Crippen LogP contribution in [-0.2, 0) is 6.54 Å². The Labute approximate surface area is 190 Å². The van der Waals surface area contributed by atoms with Crippen LogP contribution in [0.1, 0.15) is 32.1 Å². The lowest BCUT2D eigenvalue weighted by molar-refractivity contribution is 0.114. The Morgan fingerprint density at radius 3 is 2.55 bits per heavy atom. The number of hydrogen-bond donors (Lipinski definition) is 1. The highest BCUT2D eigenvalue weighted by molar-refractivity contribution is 5.89. The number of urea groups is 1. The monoisotopic (exact) mass is 455 g/mol. The van der Waals surface area contributed by atoms with Crippen LogP contribution in [0, 0.1) is 11.6 Å². The molecule has 1 aromatic heterocycles. The predicted molar refractivity (Wildman–Crippen MR) is 123 cm³/mol. The third-order valence-electron chi connectivity index (χ3n) is 6.03. The molecule has 0 bridgehead atoms. The van der Waals surface area contributed by atoms with Crippen molar-refractivity contribution in [1.29, 1.82) is 0 Å². The molecule has 4 rings (SSSR count). The maximum Gasteiger partial charge on any atom is 0.322 e. The summed E-state index contributed by atoms with van der Waals surface area (Å²) >= 11 is 0. The molecule has 2 heterocycles. The molecule has 33 heavy (non-hydrogen) atoms. The fraction of sp³-hybridized carbons (Fsp3) is 0.375. The molecule has 0 spiro atoms. The molecule has 1 fully saturated rings. The second-order valence-corrected chi connectivity index (χ2v) is 8.20. The minimum absolute atomic E-state index is 0.0383. The molecular weight excluding hydrogens is 428 g/mol. The smallest absolute Gasteiger partial charge is 0.322 e. The summed E-state index contributed by atoms with van der Waals surface area (Å²) in [6.45, 7) is 6.66. The van der Waals surface area contributed by atoms with Gasteiger partial charge in [-0.25, -0.2) is 18.6 Å². The molecule has 0 radical (unpaired) electrons. The number of nitrogens with zero attached hydrogens (tertiary/aromatic N) is 4. The lowest BCUT2D eigenvalue weighted by Crippen LogP contribution is -2.51. The number of carbonyl (C=O) groups is 1. The molecule has 9 heteroatoms. The number of carbonyl (C=O) groups excluding carboxylic acids is 1. The van der Waals surface area contributed by atoms with Gasteiger partial charge in [0.1, 0.15) is 17.5 Å². The number of hydrogen-bond acceptors (Lipinski definition) is 4. The second-order valence-electron chi connectivity index (χ2n) is 8.20. The Hall–Kier alpha value is -3.33. The molecule has 0 saturated carbocycles. The van der Waals surface area contributed by atoms with Crippen LogP contribution in [0.15, 0.2) is 47.3 Å². The highest BCUT2D eigenvalue weighted by atomic mass is 19.1. The minimum Gasteiger partial charge on any atom is -0.322 e. The van der Waals surface area contributed by atoms with E-state index < -0.39 is 17.7 Å². The molecule has 1 aliphatic rings. The molecule has 3 aromatic rings. The summed E-state index contributed by atoms with van der Waals surface area (Å²) in [4.78, 5) is 34.2. The Balaban J connectivity index is 1.47. The van der Waals surface area contributed by atoms with E-state index in [0.29, 0.717) is 49.5 Å². The number of benzene rings is 2. The Morgan fingerprint density at radius 2 is 1.85 bits per heavy atom. The molecule has 7 nitrogen and oxygen atoms in total. The molecule has 1 atom stereocenters. The Kier molecular flexibility index (Phi) is 6.69. The topological polar surface area (TPSA) is 70.5 Å². The van der Waals surface area contributed by atoms with Gasteiger partial charge in [0.15, 0.2) is 0 Å². The van der Waals surface area contributed by atoms with Crippen molar-refractivity contribution in [1.82, 2.24) is 19.4 Å². The van der Waals surface area contributed by atoms with Gasteiger partial charge in [-0.3, -0.25) is 14.3 Å². The lowest BCUT2D eigenvalue weighted by atomic mass is 10.1. The van der Waals surface area contributed by atoms with Gasteiger partial charge < -0.3 is 10.2 Å². The number of nitrogens with one attached hydrogen (secondary N) is 1. The Morgan fingerprint density at radius 1 is 1.12 bits per heavy atom. The number of piperazine rings is 1. The molecule has 1 N–H and O–H groups in total. The standard InChI is InChI=1S/C24H27F2N5O2/c1-3-10-31-22(27-20-7-5-4-6-18(20)23(31)32)16(2)29-11-13-30(14-12-29)24(33)28-21-9-8-17(25)15-19(21)26/h4-9,15-16H,3,10-14H2,1-2H3,(H,28,33). The fourth-order valence-corrected chi connectivity index (χ4v) is 4.20. The summed E-state index contributed by atoms with van der Waals surface area (Å²) in [5.74, 6) is -0.796. The van der Waals surface area contributed by atoms with Gasteiger partial charge in [-0.2, -0.15) is 0 Å². The maximum absolute atomic E-state index is 13.9. The van der Waals surface area contributed by atoms with E-state index >= 15 is 0 Å². The van der Waals surface area contributed by atoms with Crippen LogP contribution >= 0.6 is 0 Å². The zero-order valence-electron chi connectivity index (χ0n) is 18.7. The van der Waals surface area contributed by atoms with Crippen molar-refractivity contribution >= 4 is 22.6 Å². The van der Waals surface area contributed by atoms with E-state index in [2.05, 4.69) is 10.2 Å². The van der Waals surface area contributed by atoms with Crippen LogP contribution in [-0.4, -0.2) is 51.6 Å². The van der Waals surface area contributed by atoms with Crippen LogP contribution in [0.5, 0.6) is 0 Å². The van der Waals surface area contributed by atoms with Crippen molar-refractivity contribution in [2.75, 3.05) is 31.5 Å². The van der Waals surface area contributed by atoms with Gasteiger partial charge in [0, 0.05) is 38.8 Å². The van der Waals surface area contributed by atoms with Crippen molar-refractivity contribution in [3.8, 4) is 0 Å². The van der Waals surface area contributed by atoms with E-state index in [1.165, 1.54) is 6.07 Å². The number of rotatable bonds is 5.